The van der Waals surface area contributed by atoms with E-state index in [1.54, 1.807) is 12.1 Å². The molecule has 0 amide bonds. The van der Waals surface area contributed by atoms with Gasteiger partial charge < -0.3 is 14.2 Å². The third kappa shape index (κ3) is 2.91. The van der Waals surface area contributed by atoms with Crippen molar-refractivity contribution >= 4 is 0 Å². The summed E-state index contributed by atoms with van der Waals surface area (Å²) >= 11 is 0. The SMILES string of the molecule is COc1ccc(COCC2CO2)c(F)c1. The van der Waals surface area contributed by atoms with E-state index >= 15 is 0 Å². The first-order valence-corrected chi connectivity index (χ1v) is 4.81. The van der Waals surface area contributed by atoms with Gasteiger partial charge in [0.25, 0.3) is 0 Å². The van der Waals surface area contributed by atoms with Gasteiger partial charge in [-0.15, -0.1) is 0 Å². The molecule has 1 atom stereocenters. The highest BCUT2D eigenvalue weighted by Crippen LogP contribution is 2.17. The molecule has 0 bridgehead atoms. The van der Waals surface area contributed by atoms with Crippen molar-refractivity contribution in [2.24, 2.45) is 0 Å². The fourth-order valence-electron chi connectivity index (χ4n) is 1.24. The Kier molecular flexibility index (Phi) is 3.18. The highest BCUT2D eigenvalue weighted by Gasteiger charge is 2.22. The van der Waals surface area contributed by atoms with Crippen molar-refractivity contribution in [2.75, 3.05) is 20.3 Å². The Bertz CT molecular complexity index is 337. The summed E-state index contributed by atoms with van der Waals surface area (Å²) in [6.07, 6.45) is 0.214. The number of benzene rings is 1. The first kappa shape index (κ1) is 10.4. The molecule has 1 heterocycles. The second kappa shape index (κ2) is 4.59. The minimum Gasteiger partial charge on any atom is -0.497 e. The van der Waals surface area contributed by atoms with Gasteiger partial charge in [-0.2, -0.15) is 0 Å². The van der Waals surface area contributed by atoms with Crippen molar-refractivity contribution in [2.45, 2.75) is 12.7 Å². The molecular weight excluding hydrogens is 199 g/mol. The Morgan fingerprint density at radius 1 is 1.53 bits per heavy atom. The van der Waals surface area contributed by atoms with Gasteiger partial charge in [0.15, 0.2) is 0 Å². The van der Waals surface area contributed by atoms with Crippen LogP contribution >= 0.6 is 0 Å². The highest BCUT2D eigenvalue weighted by atomic mass is 19.1. The lowest BCUT2D eigenvalue weighted by Gasteiger charge is -2.05. The van der Waals surface area contributed by atoms with Crippen LogP contribution in [-0.2, 0) is 16.1 Å². The molecule has 3 nitrogen and oxygen atoms in total. The van der Waals surface area contributed by atoms with Crippen LogP contribution in [0.15, 0.2) is 18.2 Å². The fourth-order valence-corrected chi connectivity index (χ4v) is 1.24. The van der Waals surface area contributed by atoms with Gasteiger partial charge >= 0.3 is 0 Å². The molecule has 82 valence electrons. The predicted octanol–water partition coefficient (Wildman–Crippen LogP) is 1.75. The zero-order chi connectivity index (χ0) is 10.7. The molecule has 2 rings (SSSR count). The summed E-state index contributed by atoms with van der Waals surface area (Å²) < 4.78 is 28.6. The van der Waals surface area contributed by atoms with Crippen molar-refractivity contribution in [1.82, 2.24) is 0 Å². The molecule has 15 heavy (non-hydrogen) atoms. The Morgan fingerprint density at radius 3 is 2.93 bits per heavy atom. The second-order valence-corrected chi connectivity index (χ2v) is 3.43. The van der Waals surface area contributed by atoms with E-state index in [1.165, 1.54) is 13.2 Å². The van der Waals surface area contributed by atoms with Gasteiger partial charge in [0, 0.05) is 11.6 Å². The highest BCUT2D eigenvalue weighted by molar-refractivity contribution is 5.28. The van der Waals surface area contributed by atoms with Gasteiger partial charge in [-0.1, -0.05) is 6.07 Å². The van der Waals surface area contributed by atoms with E-state index in [2.05, 4.69) is 0 Å². The third-order valence-electron chi connectivity index (χ3n) is 2.22. The zero-order valence-electron chi connectivity index (χ0n) is 8.53. The van der Waals surface area contributed by atoms with E-state index in [-0.39, 0.29) is 18.5 Å². The van der Waals surface area contributed by atoms with Crippen LogP contribution in [0.4, 0.5) is 4.39 Å². The molecule has 1 aromatic carbocycles. The number of rotatable bonds is 5. The van der Waals surface area contributed by atoms with Crippen LogP contribution in [0.5, 0.6) is 5.75 Å². The average molecular weight is 212 g/mol. The lowest BCUT2D eigenvalue weighted by Crippen LogP contribution is -2.02. The maximum absolute atomic E-state index is 13.4. The quantitative estimate of drug-likeness (QED) is 0.697. The van der Waals surface area contributed by atoms with Crippen LogP contribution in [0.3, 0.4) is 0 Å². The monoisotopic (exact) mass is 212 g/mol. The predicted molar refractivity (Wildman–Crippen MR) is 52.3 cm³/mol. The van der Waals surface area contributed by atoms with Gasteiger partial charge in [0.1, 0.15) is 17.7 Å². The van der Waals surface area contributed by atoms with Gasteiger partial charge in [0.2, 0.25) is 0 Å². The van der Waals surface area contributed by atoms with Crippen molar-refractivity contribution in [3.63, 3.8) is 0 Å². The first-order valence-electron chi connectivity index (χ1n) is 4.81. The zero-order valence-corrected chi connectivity index (χ0v) is 8.53. The Labute approximate surface area is 87.8 Å². The number of hydrogen-bond donors (Lipinski definition) is 0. The van der Waals surface area contributed by atoms with Crippen LogP contribution in [0.1, 0.15) is 5.56 Å². The molecule has 1 fully saturated rings. The minimum atomic E-state index is -0.300. The molecule has 0 spiro atoms. The van der Waals surface area contributed by atoms with Crippen LogP contribution in [-0.4, -0.2) is 26.4 Å². The molecule has 1 saturated heterocycles. The van der Waals surface area contributed by atoms with Crippen molar-refractivity contribution in [1.29, 1.82) is 0 Å². The molecule has 1 aromatic rings. The topological polar surface area (TPSA) is 31.0 Å². The first-order chi connectivity index (χ1) is 7.29. The molecule has 1 unspecified atom stereocenters. The smallest absolute Gasteiger partial charge is 0.132 e. The van der Waals surface area contributed by atoms with Gasteiger partial charge in [-0.05, 0) is 6.07 Å². The largest absolute Gasteiger partial charge is 0.497 e. The summed E-state index contributed by atoms with van der Waals surface area (Å²) in [5, 5.41) is 0. The summed E-state index contributed by atoms with van der Waals surface area (Å²) in [5.41, 5.74) is 0.538. The number of methoxy groups -OCH3 is 1. The Hall–Kier alpha value is -1.13. The van der Waals surface area contributed by atoms with Gasteiger partial charge in [-0.25, -0.2) is 4.39 Å². The van der Waals surface area contributed by atoms with Crippen LogP contribution in [0.25, 0.3) is 0 Å². The Balaban J connectivity index is 1.88. The van der Waals surface area contributed by atoms with Crippen LogP contribution < -0.4 is 4.74 Å². The lowest BCUT2D eigenvalue weighted by atomic mass is 10.2. The number of halogens is 1. The van der Waals surface area contributed by atoms with Crippen LogP contribution in [0, 0.1) is 5.82 Å². The van der Waals surface area contributed by atoms with Crippen LogP contribution in [0.2, 0.25) is 0 Å². The molecule has 0 radical (unpaired) electrons. The summed E-state index contributed by atoms with van der Waals surface area (Å²) in [7, 11) is 1.51. The average Bonchev–Trinajstić information content (AvgIpc) is 3.04. The summed E-state index contributed by atoms with van der Waals surface area (Å²) in [6, 6.07) is 4.74. The maximum Gasteiger partial charge on any atom is 0.132 e. The summed E-state index contributed by atoms with van der Waals surface area (Å²) in [6.45, 7) is 1.56. The van der Waals surface area contributed by atoms with E-state index < -0.39 is 0 Å². The molecule has 0 aromatic heterocycles. The van der Waals surface area contributed by atoms with Crippen molar-refractivity contribution in [3.8, 4) is 5.75 Å². The van der Waals surface area contributed by atoms with E-state index in [0.29, 0.717) is 17.9 Å². The number of ether oxygens (including phenoxy) is 3. The summed E-state index contributed by atoms with van der Waals surface area (Å²) in [4.78, 5) is 0. The molecule has 1 aliphatic heterocycles. The number of hydrogen-bond acceptors (Lipinski definition) is 3. The lowest BCUT2D eigenvalue weighted by molar-refractivity contribution is 0.102. The minimum absolute atomic E-state index is 0.214. The molecule has 1 aliphatic rings. The fraction of sp³-hybridized carbons (Fsp3) is 0.455. The van der Waals surface area contributed by atoms with Gasteiger partial charge in [-0.3, -0.25) is 0 Å². The standard InChI is InChI=1S/C11H13FO3/c1-13-9-3-2-8(11(12)4-9)5-14-6-10-7-15-10/h2-4,10H,5-7H2,1H3. The molecule has 0 saturated carbocycles. The number of epoxide rings is 1. The second-order valence-electron chi connectivity index (χ2n) is 3.43. The maximum atomic E-state index is 13.4. The summed E-state index contributed by atoms with van der Waals surface area (Å²) in [5.74, 6) is 0.216. The normalized spacial score (nSPS) is 18.9. The Morgan fingerprint density at radius 2 is 2.33 bits per heavy atom. The third-order valence-corrected chi connectivity index (χ3v) is 2.22. The van der Waals surface area contributed by atoms with Crippen molar-refractivity contribution < 1.29 is 18.6 Å². The molecule has 0 aliphatic carbocycles. The van der Waals surface area contributed by atoms with Crippen molar-refractivity contribution in [3.05, 3.63) is 29.6 Å². The molecular formula is C11H13FO3. The van der Waals surface area contributed by atoms with E-state index in [9.17, 15) is 4.39 Å². The van der Waals surface area contributed by atoms with E-state index in [4.69, 9.17) is 14.2 Å². The molecule has 0 N–H and O–H groups in total. The van der Waals surface area contributed by atoms with E-state index in [0.717, 1.165) is 6.61 Å². The van der Waals surface area contributed by atoms with Gasteiger partial charge in [0.05, 0.1) is 26.9 Å². The van der Waals surface area contributed by atoms with E-state index in [1.807, 2.05) is 0 Å². The molecule has 4 heteroatoms.